The molecule has 1 N–H and O–H groups in total. The number of hydrogen-bond donors (Lipinski definition) is 1. The van der Waals surface area contributed by atoms with Crippen molar-refractivity contribution in [3.8, 4) is 11.4 Å². The number of rotatable bonds is 3. The number of nitrogens with zero attached hydrogens (tertiary/aromatic N) is 2. The first-order valence-electron chi connectivity index (χ1n) is 7.85. The Labute approximate surface area is 169 Å². The summed E-state index contributed by atoms with van der Waals surface area (Å²) < 4.78 is 1.01. The number of para-hydroxylation sites is 1. The van der Waals surface area contributed by atoms with Crippen molar-refractivity contribution in [2.45, 2.75) is 0 Å². The molecule has 0 saturated carbocycles. The van der Waals surface area contributed by atoms with Crippen LogP contribution >= 0.6 is 39.1 Å². The van der Waals surface area contributed by atoms with Gasteiger partial charge in [0, 0.05) is 20.4 Å². The number of nitrogens with one attached hydrogen (secondary N) is 1. The van der Waals surface area contributed by atoms with Crippen LogP contribution in [0.1, 0.15) is 0 Å². The molecule has 3 aromatic carbocycles. The second-order valence-electron chi connectivity index (χ2n) is 5.67. The maximum absolute atomic E-state index is 6.30. The Balaban J connectivity index is 1.87. The topological polar surface area (TPSA) is 37.8 Å². The third kappa shape index (κ3) is 3.54. The highest BCUT2D eigenvalue weighted by atomic mass is 79.9. The van der Waals surface area contributed by atoms with Crippen molar-refractivity contribution in [2.75, 3.05) is 5.32 Å². The zero-order valence-electron chi connectivity index (χ0n) is 13.4. The number of aromatic nitrogens is 2. The van der Waals surface area contributed by atoms with Crippen LogP contribution in [0.4, 0.5) is 11.5 Å². The van der Waals surface area contributed by atoms with E-state index >= 15 is 0 Å². The maximum Gasteiger partial charge on any atom is 0.162 e. The second kappa shape index (κ2) is 7.23. The molecule has 0 aliphatic heterocycles. The molecule has 0 spiro atoms. The summed E-state index contributed by atoms with van der Waals surface area (Å²) in [4.78, 5) is 9.42. The number of anilines is 2. The monoisotopic (exact) mass is 443 g/mol. The van der Waals surface area contributed by atoms with Crippen LogP contribution in [0.25, 0.3) is 22.3 Å². The van der Waals surface area contributed by atoms with Crippen LogP contribution in [0.5, 0.6) is 0 Å². The van der Waals surface area contributed by atoms with Gasteiger partial charge in [-0.2, -0.15) is 0 Å². The van der Waals surface area contributed by atoms with Crippen LogP contribution in [0.2, 0.25) is 10.0 Å². The van der Waals surface area contributed by atoms with E-state index in [9.17, 15) is 0 Å². The zero-order valence-corrected chi connectivity index (χ0v) is 16.5. The SMILES string of the molecule is Clc1ccc(Cl)c(Nc2nc(-c3ccc(Br)cc3)nc3ccccc23)c1. The summed E-state index contributed by atoms with van der Waals surface area (Å²) in [6.45, 7) is 0. The van der Waals surface area contributed by atoms with E-state index in [0.29, 0.717) is 27.4 Å². The third-order valence-electron chi connectivity index (χ3n) is 3.89. The molecule has 0 aliphatic rings. The van der Waals surface area contributed by atoms with Gasteiger partial charge in [-0.1, -0.05) is 63.4 Å². The summed E-state index contributed by atoms with van der Waals surface area (Å²) in [6, 6.07) is 21.0. The zero-order chi connectivity index (χ0) is 18.1. The largest absolute Gasteiger partial charge is 0.338 e. The van der Waals surface area contributed by atoms with Crippen molar-refractivity contribution in [3.63, 3.8) is 0 Å². The van der Waals surface area contributed by atoms with E-state index in [0.717, 1.165) is 20.9 Å². The lowest BCUT2D eigenvalue weighted by Crippen LogP contribution is -2.00. The molecule has 6 heteroatoms. The first-order valence-corrected chi connectivity index (χ1v) is 9.40. The quantitative estimate of drug-likeness (QED) is 0.365. The average Bonchev–Trinajstić information content (AvgIpc) is 2.65. The smallest absolute Gasteiger partial charge is 0.162 e. The minimum Gasteiger partial charge on any atom is -0.338 e. The Kier molecular flexibility index (Phi) is 4.81. The number of halogens is 3. The van der Waals surface area contributed by atoms with Gasteiger partial charge in [0.1, 0.15) is 5.82 Å². The summed E-state index contributed by atoms with van der Waals surface area (Å²) in [5, 5.41) is 5.38. The summed E-state index contributed by atoms with van der Waals surface area (Å²) >= 11 is 15.9. The van der Waals surface area contributed by atoms with E-state index in [1.807, 2.05) is 48.5 Å². The predicted molar refractivity (Wildman–Crippen MR) is 112 cm³/mol. The summed E-state index contributed by atoms with van der Waals surface area (Å²) in [5.41, 5.74) is 2.48. The summed E-state index contributed by atoms with van der Waals surface area (Å²) in [6.07, 6.45) is 0. The molecule has 1 aromatic heterocycles. The van der Waals surface area contributed by atoms with Crippen LogP contribution in [0.15, 0.2) is 71.2 Å². The molecule has 3 nitrogen and oxygen atoms in total. The Morgan fingerprint density at radius 3 is 2.42 bits per heavy atom. The highest BCUT2D eigenvalue weighted by molar-refractivity contribution is 9.10. The number of fused-ring (bicyclic) bond motifs is 1. The molecule has 4 rings (SSSR count). The van der Waals surface area contributed by atoms with Crippen LogP contribution < -0.4 is 5.32 Å². The van der Waals surface area contributed by atoms with E-state index in [-0.39, 0.29) is 0 Å². The fraction of sp³-hybridized carbons (Fsp3) is 0. The molecule has 26 heavy (non-hydrogen) atoms. The Morgan fingerprint density at radius 2 is 1.62 bits per heavy atom. The van der Waals surface area contributed by atoms with Crippen LogP contribution in [0.3, 0.4) is 0 Å². The number of benzene rings is 3. The van der Waals surface area contributed by atoms with Gasteiger partial charge in [0.2, 0.25) is 0 Å². The molecule has 0 radical (unpaired) electrons. The summed E-state index contributed by atoms with van der Waals surface area (Å²) in [5.74, 6) is 1.31. The lowest BCUT2D eigenvalue weighted by atomic mass is 10.2. The van der Waals surface area contributed by atoms with Gasteiger partial charge in [-0.15, -0.1) is 0 Å². The predicted octanol–water partition coefficient (Wildman–Crippen LogP) is 7.11. The molecule has 0 unspecified atom stereocenters. The van der Waals surface area contributed by atoms with E-state index in [4.69, 9.17) is 33.2 Å². The van der Waals surface area contributed by atoms with Crippen molar-refractivity contribution in [1.29, 1.82) is 0 Å². The molecule has 1 heterocycles. The van der Waals surface area contributed by atoms with E-state index < -0.39 is 0 Å². The Bertz CT molecular complexity index is 1100. The highest BCUT2D eigenvalue weighted by Crippen LogP contribution is 2.32. The van der Waals surface area contributed by atoms with Gasteiger partial charge >= 0.3 is 0 Å². The molecule has 0 saturated heterocycles. The molecule has 0 atom stereocenters. The van der Waals surface area contributed by atoms with Gasteiger partial charge in [-0.25, -0.2) is 9.97 Å². The first kappa shape index (κ1) is 17.3. The lowest BCUT2D eigenvalue weighted by molar-refractivity contribution is 1.22. The first-order chi connectivity index (χ1) is 12.6. The van der Waals surface area contributed by atoms with Crippen LogP contribution in [-0.4, -0.2) is 9.97 Å². The minimum atomic E-state index is 0.572. The van der Waals surface area contributed by atoms with Crippen LogP contribution in [0, 0.1) is 0 Å². The van der Waals surface area contributed by atoms with Crippen LogP contribution in [-0.2, 0) is 0 Å². The fourth-order valence-corrected chi connectivity index (χ4v) is 3.22. The molecule has 0 amide bonds. The Morgan fingerprint density at radius 1 is 0.846 bits per heavy atom. The summed E-state index contributed by atoms with van der Waals surface area (Å²) in [7, 11) is 0. The van der Waals surface area contributed by atoms with Crippen molar-refractivity contribution in [1.82, 2.24) is 9.97 Å². The van der Waals surface area contributed by atoms with Crippen molar-refractivity contribution in [2.24, 2.45) is 0 Å². The van der Waals surface area contributed by atoms with Crippen molar-refractivity contribution in [3.05, 3.63) is 81.2 Å². The van der Waals surface area contributed by atoms with Gasteiger partial charge in [-0.3, -0.25) is 0 Å². The fourth-order valence-electron chi connectivity index (χ4n) is 2.62. The minimum absolute atomic E-state index is 0.572. The molecular formula is C20H12BrCl2N3. The maximum atomic E-state index is 6.30. The molecule has 128 valence electrons. The molecule has 0 bridgehead atoms. The molecular weight excluding hydrogens is 433 g/mol. The lowest BCUT2D eigenvalue weighted by Gasteiger charge is -2.12. The van der Waals surface area contributed by atoms with Gasteiger partial charge < -0.3 is 5.32 Å². The van der Waals surface area contributed by atoms with E-state index in [1.54, 1.807) is 18.2 Å². The molecule has 0 aliphatic carbocycles. The standard InChI is InChI=1S/C20H12BrCl2N3/c21-13-7-5-12(6-8-13)19-24-17-4-2-1-3-15(17)20(26-19)25-18-11-14(22)9-10-16(18)23/h1-11H,(H,24,25,26). The van der Waals surface area contributed by atoms with Crippen molar-refractivity contribution >= 4 is 61.5 Å². The van der Waals surface area contributed by atoms with Crippen molar-refractivity contribution < 1.29 is 0 Å². The Hall–Kier alpha value is -2.14. The molecule has 0 fully saturated rings. The second-order valence-corrected chi connectivity index (χ2v) is 7.43. The van der Waals surface area contributed by atoms with E-state index in [2.05, 4.69) is 21.2 Å². The van der Waals surface area contributed by atoms with Gasteiger partial charge in [-0.05, 0) is 42.5 Å². The van der Waals surface area contributed by atoms with Gasteiger partial charge in [0.15, 0.2) is 5.82 Å². The van der Waals surface area contributed by atoms with E-state index in [1.165, 1.54) is 0 Å². The highest BCUT2D eigenvalue weighted by Gasteiger charge is 2.11. The normalized spacial score (nSPS) is 10.9. The number of hydrogen-bond acceptors (Lipinski definition) is 3. The third-order valence-corrected chi connectivity index (χ3v) is 4.98. The average molecular weight is 445 g/mol. The van der Waals surface area contributed by atoms with Gasteiger partial charge in [0.25, 0.3) is 0 Å². The molecule has 4 aromatic rings. The van der Waals surface area contributed by atoms with Gasteiger partial charge in [0.05, 0.1) is 16.2 Å².